The van der Waals surface area contributed by atoms with E-state index in [-0.39, 0.29) is 11.2 Å². The quantitative estimate of drug-likeness (QED) is 0.787. The number of carbonyl (C=O) groups is 1. The van der Waals surface area contributed by atoms with Gasteiger partial charge >= 0.3 is 0 Å². The molecule has 1 aromatic rings. The molecule has 3 heteroatoms. The number of nitrogens with two attached hydrogens (primary N) is 1. The van der Waals surface area contributed by atoms with Crippen LogP contribution in [0.4, 0.5) is 0 Å². The fourth-order valence-electron chi connectivity index (χ4n) is 2.00. The van der Waals surface area contributed by atoms with Crippen LogP contribution in [0.25, 0.3) is 0 Å². The largest absolute Gasteiger partial charge is 0.496 e. The third-order valence-corrected chi connectivity index (χ3v) is 3.38. The van der Waals surface area contributed by atoms with Gasteiger partial charge in [0.15, 0.2) is 5.78 Å². The number of benzene rings is 1. The second kappa shape index (κ2) is 3.91. The highest BCUT2D eigenvalue weighted by atomic mass is 16.5. The van der Waals surface area contributed by atoms with Crippen molar-refractivity contribution in [1.82, 2.24) is 0 Å². The van der Waals surface area contributed by atoms with Gasteiger partial charge in [0.25, 0.3) is 0 Å². The molecule has 0 atom stereocenters. The molecule has 1 aliphatic rings. The minimum Gasteiger partial charge on any atom is -0.496 e. The van der Waals surface area contributed by atoms with Crippen LogP contribution in [0.1, 0.15) is 28.8 Å². The molecule has 1 fully saturated rings. The van der Waals surface area contributed by atoms with E-state index >= 15 is 0 Å². The number of hydrogen-bond donors (Lipinski definition) is 1. The van der Waals surface area contributed by atoms with Gasteiger partial charge in [-0.2, -0.15) is 0 Å². The van der Waals surface area contributed by atoms with E-state index in [1.807, 2.05) is 25.1 Å². The lowest BCUT2D eigenvalue weighted by Crippen LogP contribution is -2.25. The molecule has 0 unspecified atom stereocenters. The lowest BCUT2D eigenvalue weighted by atomic mass is 9.94. The number of ether oxygens (including phenoxy) is 1. The molecule has 0 aromatic heterocycles. The molecule has 0 spiro atoms. The summed E-state index contributed by atoms with van der Waals surface area (Å²) in [5.74, 6) is 0.995. The van der Waals surface area contributed by atoms with Crippen LogP contribution in [-0.2, 0) is 0 Å². The Morgan fingerprint density at radius 3 is 2.62 bits per heavy atom. The van der Waals surface area contributed by atoms with E-state index in [2.05, 4.69) is 0 Å². The number of carbonyl (C=O) groups excluding carboxylic acids is 1. The molecular formula is C13H17NO2. The zero-order chi connectivity index (χ0) is 11.8. The number of Topliss-reactive ketones (excluding diaryl/α,β-unsaturated/α-hetero) is 1. The zero-order valence-corrected chi connectivity index (χ0v) is 9.75. The van der Waals surface area contributed by atoms with Crippen LogP contribution in [0.3, 0.4) is 0 Å². The number of hydrogen-bond acceptors (Lipinski definition) is 3. The van der Waals surface area contributed by atoms with Crippen molar-refractivity contribution in [3.05, 3.63) is 29.3 Å². The highest BCUT2D eigenvalue weighted by Crippen LogP contribution is 2.47. The van der Waals surface area contributed by atoms with Gasteiger partial charge in [-0.3, -0.25) is 4.79 Å². The smallest absolute Gasteiger partial charge is 0.170 e. The Labute approximate surface area is 95.6 Å². The summed E-state index contributed by atoms with van der Waals surface area (Å²) in [4.78, 5) is 12.2. The van der Waals surface area contributed by atoms with Gasteiger partial charge in [0.2, 0.25) is 0 Å². The minimum absolute atomic E-state index is 0.181. The molecule has 0 aliphatic heterocycles. The average Bonchev–Trinajstić information content (AvgIpc) is 3.09. The summed E-state index contributed by atoms with van der Waals surface area (Å²) in [5, 5.41) is 0. The van der Waals surface area contributed by atoms with Crippen LogP contribution in [0, 0.1) is 12.3 Å². The van der Waals surface area contributed by atoms with Gasteiger partial charge in [-0.15, -0.1) is 0 Å². The molecular weight excluding hydrogens is 202 g/mol. The standard InChI is InChI=1S/C13H17NO2/c1-9-7-10(3-4-11(9)16-2)12(15)13(8-14)5-6-13/h3-4,7H,5-6,8,14H2,1-2H3. The average molecular weight is 219 g/mol. The summed E-state index contributed by atoms with van der Waals surface area (Å²) < 4.78 is 5.17. The Morgan fingerprint density at radius 2 is 2.19 bits per heavy atom. The van der Waals surface area contributed by atoms with Crippen LogP contribution in [-0.4, -0.2) is 19.4 Å². The maximum atomic E-state index is 12.2. The van der Waals surface area contributed by atoms with E-state index < -0.39 is 0 Å². The molecule has 2 N–H and O–H groups in total. The van der Waals surface area contributed by atoms with Crippen LogP contribution in [0.5, 0.6) is 5.75 Å². The van der Waals surface area contributed by atoms with Crippen molar-refractivity contribution in [2.24, 2.45) is 11.1 Å². The van der Waals surface area contributed by atoms with Crippen LogP contribution in [0.15, 0.2) is 18.2 Å². The molecule has 0 radical (unpaired) electrons. The molecule has 1 aromatic carbocycles. The van der Waals surface area contributed by atoms with Gasteiger partial charge in [0, 0.05) is 17.5 Å². The van der Waals surface area contributed by atoms with Crippen molar-refractivity contribution in [2.75, 3.05) is 13.7 Å². The fourth-order valence-corrected chi connectivity index (χ4v) is 2.00. The van der Waals surface area contributed by atoms with Crippen LogP contribution < -0.4 is 10.5 Å². The molecule has 3 nitrogen and oxygen atoms in total. The van der Waals surface area contributed by atoms with Crippen molar-refractivity contribution in [3.63, 3.8) is 0 Å². The van der Waals surface area contributed by atoms with Gasteiger partial charge in [-0.25, -0.2) is 0 Å². The van der Waals surface area contributed by atoms with E-state index in [1.54, 1.807) is 7.11 Å². The van der Waals surface area contributed by atoms with Crippen molar-refractivity contribution < 1.29 is 9.53 Å². The van der Waals surface area contributed by atoms with Crippen molar-refractivity contribution in [2.45, 2.75) is 19.8 Å². The third kappa shape index (κ3) is 1.71. The second-order valence-electron chi connectivity index (χ2n) is 4.50. The van der Waals surface area contributed by atoms with E-state index in [0.717, 1.165) is 29.7 Å². The summed E-state index contributed by atoms with van der Waals surface area (Å²) in [6, 6.07) is 5.55. The van der Waals surface area contributed by atoms with E-state index in [1.165, 1.54) is 0 Å². The summed E-state index contributed by atoms with van der Waals surface area (Å²) in [7, 11) is 1.63. The topological polar surface area (TPSA) is 52.3 Å². The maximum absolute atomic E-state index is 12.2. The Balaban J connectivity index is 2.28. The monoisotopic (exact) mass is 219 g/mol. The Hall–Kier alpha value is -1.35. The highest BCUT2D eigenvalue weighted by molar-refractivity contribution is 6.02. The molecule has 2 rings (SSSR count). The first-order chi connectivity index (χ1) is 7.63. The predicted molar refractivity (Wildman–Crippen MR) is 62.8 cm³/mol. The first kappa shape index (κ1) is 11.1. The lowest BCUT2D eigenvalue weighted by Gasteiger charge is -2.12. The Kier molecular flexibility index (Phi) is 2.72. The normalized spacial score (nSPS) is 16.9. The molecule has 1 saturated carbocycles. The minimum atomic E-state index is -0.263. The first-order valence-electron chi connectivity index (χ1n) is 5.52. The Bertz CT molecular complexity index is 422. The molecule has 0 bridgehead atoms. The fraction of sp³-hybridized carbons (Fsp3) is 0.462. The van der Waals surface area contributed by atoms with Gasteiger partial charge in [0.05, 0.1) is 7.11 Å². The number of rotatable bonds is 4. The maximum Gasteiger partial charge on any atom is 0.170 e. The van der Waals surface area contributed by atoms with Crippen LogP contribution in [0.2, 0.25) is 0 Å². The van der Waals surface area contributed by atoms with Gasteiger partial charge in [-0.05, 0) is 43.5 Å². The van der Waals surface area contributed by atoms with Gasteiger partial charge < -0.3 is 10.5 Å². The van der Waals surface area contributed by atoms with E-state index in [9.17, 15) is 4.79 Å². The molecule has 0 saturated heterocycles. The summed E-state index contributed by atoms with van der Waals surface area (Å²) >= 11 is 0. The zero-order valence-electron chi connectivity index (χ0n) is 9.75. The molecule has 0 amide bonds. The van der Waals surface area contributed by atoms with E-state index in [0.29, 0.717) is 6.54 Å². The lowest BCUT2D eigenvalue weighted by molar-refractivity contribution is 0.0905. The number of aryl methyl sites for hydroxylation is 1. The van der Waals surface area contributed by atoms with Crippen molar-refractivity contribution in [1.29, 1.82) is 0 Å². The van der Waals surface area contributed by atoms with Crippen molar-refractivity contribution >= 4 is 5.78 Å². The highest BCUT2D eigenvalue weighted by Gasteiger charge is 2.48. The first-order valence-corrected chi connectivity index (χ1v) is 5.52. The predicted octanol–water partition coefficient (Wildman–Crippen LogP) is 1.93. The third-order valence-electron chi connectivity index (χ3n) is 3.38. The second-order valence-corrected chi connectivity index (χ2v) is 4.50. The van der Waals surface area contributed by atoms with Gasteiger partial charge in [0.1, 0.15) is 5.75 Å². The van der Waals surface area contributed by atoms with Crippen molar-refractivity contribution in [3.8, 4) is 5.75 Å². The summed E-state index contributed by atoms with van der Waals surface area (Å²) in [6.45, 7) is 2.40. The molecule has 16 heavy (non-hydrogen) atoms. The SMILES string of the molecule is COc1ccc(C(=O)C2(CN)CC2)cc1C. The molecule has 0 heterocycles. The van der Waals surface area contributed by atoms with E-state index in [4.69, 9.17) is 10.5 Å². The molecule has 86 valence electrons. The van der Waals surface area contributed by atoms with Gasteiger partial charge in [-0.1, -0.05) is 0 Å². The summed E-state index contributed by atoms with van der Waals surface area (Å²) in [6.07, 6.45) is 1.85. The number of methoxy groups -OCH3 is 1. The molecule has 1 aliphatic carbocycles. The number of ketones is 1. The van der Waals surface area contributed by atoms with Crippen LogP contribution >= 0.6 is 0 Å². The summed E-state index contributed by atoms with van der Waals surface area (Å²) in [5.41, 5.74) is 7.13. The Morgan fingerprint density at radius 1 is 1.50 bits per heavy atom.